The summed E-state index contributed by atoms with van der Waals surface area (Å²) in [5.41, 5.74) is 3.17. The van der Waals surface area contributed by atoms with E-state index in [2.05, 4.69) is 51.0 Å². The Kier molecular flexibility index (Phi) is 6.99. The zero-order valence-corrected chi connectivity index (χ0v) is 21.0. The van der Waals surface area contributed by atoms with Crippen LogP contribution in [0, 0.1) is 5.41 Å². The highest BCUT2D eigenvalue weighted by atomic mass is 16.4. The number of aromatic nitrogens is 4. The zero-order chi connectivity index (χ0) is 25.8. The van der Waals surface area contributed by atoms with Gasteiger partial charge in [0.15, 0.2) is 5.82 Å². The molecule has 0 atom stereocenters. The van der Waals surface area contributed by atoms with Gasteiger partial charge in [-0.25, -0.2) is 5.10 Å². The fraction of sp³-hybridized carbons (Fsp3) is 0.345. The Balaban J connectivity index is 1.43. The van der Waals surface area contributed by atoms with E-state index in [1.54, 1.807) is 4.90 Å². The first kappa shape index (κ1) is 24.6. The standard InChI is InChI=1S/C29H31N5O3/c1-2-7-26(35)34(19-29(28(36)37)14-5-6-15-29)18-20-10-11-22-17-23(13-12-21(22)16-20)24-8-3-4-9-25(24)27-30-32-33-31-27/h3-4,8-13,16-17H,2,5-7,14-15,18-19H2,1H3,(H,36,37)(H,30,31,32,33). The van der Waals surface area contributed by atoms with E-state index in [9.17, 15) is 14.7 Å². The predicted molar refractivity (Wildman–Crippen MR) is 141 cm³/mol. The second-order valence-electron chi connectivity index (χ2n) is 9.98. The number of tetrazole rings is 1. The lowest BCUT2D eigenvalue weighted by molar-refractivity contribution is -0.151. The number of H-pyrrole nitrogens is 1. The molecule has 1 saturated carbocycles. The van der Waals surface area contributed by atoms with E-state index in [1.165, 1.54) is 0 Å². The van der Waals surface area contributed by atoms with Crippen LogP contribution in [0.25, 0.3) is 33.3 Å². The van der Waals surface area contributed by atoms with Gasteiger partial charge in [0.1, 0.15) is 0 Å². The zero-order valence-electron chi connectivity index (χ0n) is 21.0. The minimum atomic E-state index is -0.832. The summed E-state index contributed by atoms with van der Waals surface area (Å²) in [6.45, 7) is 2.65. The predicted octanol–water partition coefficient (Wildman–Crippen LogP) is 5.46. The molecule has 3 aromatic carbocycles. The molecule has 1 aliphatic carbocycles. The first-order valence-corrected chi connectivity index (χ1v) is 12.9. The largest absolute Gasteiger partial charge is 0.481 e. The van der Waals surface area contributed by atoms with Crippen molar-refractivity contribution in [1.82, 2.24) is 25.5 Å². The van der Waals surface area contributed by atoms with Crippen LogP contribution in [-0.4, -0.2) is 49.1 Å². The van der Waals surface area contributed by atoms with E-state index in [4.69, 9.17) is 0 Å². The molecule has 1 aliphatic rings. The van der Waals surface area contributed by atoms with Crippen LogP contribution in [0.5, 0.6) is 0 Å². The quantitative estimate of drug-likeness (QED) is 0.318. The topological polar surface area (TPSA) is 112 Å². The Morgan fingerprint density at radius 3 is 2.43 bits per heavy atom. The van der Waals surface area contributed by atoms with Gasteiger partial charge in [0.25, 0.3) is 0 Å². The normalized spacial score (nSPS) is 14.6. The second-order valence-corrected chi connectivity index (χ2v) is 9.98. The van der Waals surface area contributed by atoms with E-state index < -0.39 is 11.4 Å². The van der Waals surface area contributed by atoms with Crippen molar-refractivity contribution in [3.63, 3.8) is 0 Å². The third-order valence-corrected chi connectivity index (χ3v) is 7.44. The summed E-state index contributed by atoms with van der Waals surface area (Å²) in [6, 6.07) is 20.5. The summed E-state index contributed by atoms with van der Waals surface area (Å²) >= 11 is 0. The molecule has 0 aliphatic heterocycles. The van der Waals surface area contributed by atoms with Crippen LogP contribution >= 0.6 is 0 Å². The maximum Gasteiger partial charge on any atom is 0.311 e. The van der Waals surface area contributed by atoms with Gasteiger partial charge in [0.05, 0.1) is 5.41 Å². The van der Waals surface area contributed by atoms with Gasteiger partial charge in [-0.15, -0.1) is 5.10 Å². The molecule has 0 saturated heterocycles. The van der Waals surface area contributed by atoms with Crippen molar-refractivity contribution in [3.8, 4) is 22.5 Å². The van der Waals surface area contributed by atoms with Crippen molar-refractivity contribution >= 4 is 22.6 Å². The van der Waals surface area contributed by atoms with Gasteiger partial charge in [0.2, 0.25) is 5.91 Å². The van der Waals surface area contributed by atoms with E-state index in [0.717, 1.165) is 52.3 Å². The first-order valence-electron chi connectivity index (χ1n) is 12.9. The van der Waals surface area contributed by atoms with Crippen LogP contribution in [0.1, 0.15) is 51.0 Å². The smallest absolute Gasteiger partial charge is 0.311 e. The molecule has 8 nitrogen and oxygen atoms in total. The lowest BCUT2D eigenvalue weighted by Crippen LogP contribution is -2.43. The Morgan fingerprint density at radius 2 is 1.73 bits per heavy atom. The highest BCUT2D eigenvalue weighted by Crippen LogP contribution is 2.40. The van der Waals surface area contributed by atoms with E-state index >= 15 is 0 Å². The third-order valence-electron chi connectivity index (χ3n) is 7.44. The summed E-state index contributed by atoms with van der Waals surface area (Å²) in [7, 11) is 0. The van der Waals surface area contributed by atoms with Crippen LogP contribution in [-0.2, 0) is 16.1 Å². The van der Waals surface area contributed by atoms with Gasteiger partial charge in [-0.05, 0) is 69.3 Å². The number of nitrogens with one attached hydrogen (secondary N) is 1. The highest BCUT2D eigenvalue weighted by molar-refractivity contribution is 5.91. The monoisotopic (exact) mass is 497 g/mol. The summed E-state index contributed by atoms with van der Waals surface area (Å²) in [5, 5.41) is 26.4. The molecule has 4 aromatic rings. The number of aromatic amines is 1. The molecule has 0 unspecified atom stereocenters. The van der Waals surface area contributed by atoms with Crippen molar-refractivity contribution in [2.75, 3.05) is 6.54 Å². The lowest BCUT2D eigenvalue weighted by atomic mass is 9.85. The summed E-state index contributed by atoms with van der Waals surface area (Å²) in [5.74, 6) is -0.153. The molecule has 190 valence electrons. The van der Waals surface area contributed by atoms with Crippen LogP contribution in [0.3, 0.4) is 0 Å². The SMILES string of the molecule is CCCC(=O)N(Cc1ccc2cc(-c3ccccc3-c3nnn[nH]3)ccc2c1)CC1(C(=O)O)CCCC1. The number of carbonyl (C=O) groups excluding carboxylic acids is 1. The van der Waals surface area contributed by atoms with Crippen LogP contribution in [0.2, 0.25) is 0 Å². The van der Waals surface area contributed by atoms with Gasteiger partial charge in [-0.3, -0.25) is 9.59 Å². The van der Waals surface area contributed by atoms with Crippen LogP contribution in [0.15, 0.2) is 60.7 Å². The van der Waals surface area contributed by atoms with Gasteiger partial charge in [0, 0.05) is 25.1 Å². The molecule has 1 fully saturated rings. The Bertz CT molecular complexity index is 1410. The van der Waals surface area contributed by atoms with E-state index in [-0.39, 0.29) is 12.5 Å². The van der Waals surface area contributed by atoms with Crippen LogP contribution < -0.4 is 0 Å². The average molecular weight is 498 g/mol. The maximum absolute atomic E-state index is 13.0. The fourth-order valence-corrected chi connectivity index (χ4v) is 5.46. The summed E-state index contributed by atoms with van der Waals surface area (Å²) in [4.78, 5) is 26.9. The van der Waals surface area contributed by atoms with Crippen molar-refractivity contribution in [2.45, 2.75) is 52.0 Å². The number of amides is 1. The number of aliphatic carboxylic acids is 1. The molecule has 8 heteroatoms. The van der Waals surface area contributed by atoms with Gasteiger partial charge in [-0.1, -0.05) is 68.3 Å². The van der Waals surface area contributed by atoms with Crippen LogP contribution in [0.4, 0.5) is 0 Å². The van der Waals surface area contributed by atoms with Gasteiger partial charge in [-0.2, -0.15) is 0 Å². The molecule has 5 rings (SSSR count). The Labute approximate surface area is 215 Å². The van der Waals surface area contributed by atoms with Crippen molar-refractivity contribution < 1.29 is 14.7 Å². The maximum atomic E-state index is 13.0. The van der Waals surface area contributed by atoms with Crippen molar-refractivity contribution in [3.05, 3.63) is 66.2 Å². The molecule has 1 amide bonds. The van der Waals surface area contributed by atoms with E-state index in [1.807, 2.05) is 37.3 Å². The molecule has 1 aromatic heterocycles. The number of hydrogen-bond donors (Lipinski definition) is 2. The number of carboxylic acids is 1. The number of benzene rings is 3. The molecule has 0 radical (unpaired) electrons. The molecule has 0 spiro atoms. The number of rotatable bonds is 9. The van der Waals surface area contributed by atoms with Gasteiger partial charge >= 0.3 is 5.97 Å². The fourth-order valence-electron chi connectivity index (χ4n) is 5.46. The molecule has 2 N–H and O–H groups in total. The number of carboxylic acid groups (broad SMARTS) is 1. The number of fused-ring (bicyclic) bond motifs is 1. The van der Waals surface area contributed by atoms with Gasteiger partial charge < -0.3 is 10.0 Å². The minimum Gasteiger partial charge on any atom is -0.481 e. The highest BCUT2D eigenvalue weighted by Gasteiger charge is 2.43. The molecule has 1 heterocycles. The minimum absolute atomic E-state index is 0.0176. The summed E-state index contributed by atoms with van der Waals surface area (Å²) in [6.07, 6.45) is 4.22. The number of carbonyl (C=O) groups is 2. The molecule has 37 heavy (non-hydrogen) atoms. The Morgan fingerprint density at radius 1 is 1.00 bits per heavy atom. The number of nitrogens with zero attached hydrogens (tertiary/aromatic N) is 4. The molecule has 0 bridgehead atoms. The Hall–Kier alpha value is -4.07. The third kappa shape index (κ3) is 5.09. The number of hydrogen-bond acceptors (Lipinski definition) is 5. The average Bonchev–Trinajstić information content (AvgIpc) is 3.62. The van der Waals surface area contributed by atoms with E-state index in [0.29, 0.717) is 31.6 Å². The second kappa shape index (κ2) is 10.5. The molecular weight excluding hydrogens is 466 g/mol. The van der Waals surface area contributed by atoms with Crippen molar-refractivity contribution in [1.29, 1.82) is 0 Å². The molecular formula is C29H31N5O3. The first-order chi connectivity index (χ1) is 18.0. The summed E-state index contributed by atoms with van der Waals surface area (Å²) < 4.78 is 0. The van der Waals surface area contributed by atoms with Crippen molar-refractivity contribution in [2.24, 2.45) is 5.41 Å². The lowest BCUT2D eigenvalue weighted by Gasteiger charge is -2.32.